The van der Waals surface area contributed by atoms with Crippen molar-refractivity contribution in [2.75, 3.05) is 11.4 Å². The van der Waals surface area contributed by atoms with Gasteiger partial charge in [-0.05, 0) is 29.7 Å². The highest BCUT2D eigenvalue weighted by atomic mass is 16.1. The van der Waals surface area contributed by atoms with E-state index in [2.05, 4.69) is 34.1 Å². The number of carbonyl (C=O) groups is 1. The van der Waals surface area contributed by atoms with Gasteiger partial charge in [0.15, 0.2) is 5.78 Å². The Labute approximate surface area is 119 Å². The van der Waals surface area contributed by atoms with Gasteiger partial charge < -0.3 is 4.90 Å². The zero-order valence-electron chi connectivity index (χ0n) is 11.7. The largest absolute Gasteiger partial charge is 0.352 e. The molecule has 2 heterocycles. The zero-order chi connectivity index (χ0) is 13.9. The van der Waals surface area contributed by atoms with Crippen LogP contribution >= 0.6 is 0 Å². The molecule has 0 radical (unpaired) electrons. The lowest BCUT2D eigenvalue weighted by Gasteiger charge is -2.29. The fourth-order valence-electron chi connectivity index (χ4n) is 2.63. The summed E-state index contributed by atoms with van der Waals surface area (Å²) in [4.78, 5) is 18.3. The fourth-order valence-corrected chi connectivity index (χ4v) is 2.63. The summed E-state index contributed by atoms with van der Waals surface area (Å²) >= 11 is 0. The first-order valence-electron chi connectivity index (χ1n) is 7.09. The highest BCUT2D eigenvalue weighted by molar-refractivity contribution is 5.95. The fraction of sp³-hybridized carbons (Fsp3) is 0.294. The molecule has 1 aromatic carbocycles. The molecule has 3 nitrogen and oxygen atoms in total. The number of nitrogens with zero attached hydrogens (tertiary/aromatic N) is 2. The molecule has 0 amide bonds. The van der Waals surface area contributed by atoms with Crippen LogP contribution in [0.2, 0.25) is 0 Å². The third-order valence-corrected chi connectivity index (χ3v) is 3.85. The summed E-state index contributed by atoms with van der Waals surface area (Å²) < 4.78 is 0. The Kier molecular flexibility index (Phi) is 3.50. The molecule has 102 valence electrons. The quantitative estimate of drug-likeness (QED) is 0.800. The number of carbonyl (C=O) groups excluding carboxylic acids is 1. The molecule has 0 atom stereocenters. The first-order valence-corrected chi connectivity index (χ1v) is 7.09. The summed E-state index contributed by atoms with van der Waals surface area (Å²) in [5.41, 5.74) is 3.50. The minimum Gasteiger partial charge on any atom is -0.352 e. The molecule has 0 spiro atoms. The van der Waals surface area contributed by atoms with Gasteiger partial charge >= 0.3 is 0 Å². The van der Waals surface area contributed by atoms with E-state index >= 15 is 0 Å². The number of benzene rings is 1. The third-order valence-electron chi connectivity index (χ3n) is 3.85. The second-order valence-electron chi connectivity index (χ2n) is 5.12. The molecule has 1 aromatic heterocycles. The van der Waals surface area contributed by atoms with E-state index in [0.717, 1.165) is 25.3 Å². The van der Waals surface area contributed by atoms with E-state index in [9.17, 15) is 4.79 Å². The Balaban J connectivity index is 1.79. The Bertz CT molecular complexity index is 619. The van der Waals surface area contributed by atoms with Crippen LogP contribution in [0.15, 0.2) is 42.6 Å². The molecule has 0 bridgehead atoms. The van der Waals surface area contributed by atoms with Crippen LogP contribution in [0, 0.1) is 0 Å². The molecule has 0 aliphatic carbocycles. The van der Waals surface area contributed by atoms with E-state index in [0.29, 0.717) is 12.0 Å². The molecule has 0 unspecified atom stereocenters. The Hall–Kier alpha value is -2.16. The Morgan fingerprint density at radius 3 is 2.70 bits per heavy atom. The minimum absolute atomic E-state index is 0.146. The molecule has 1 aliphatic heterocycles. The van der Waals surface area contributed by atoms with Crippen LogP contribution in [0.4, 0.5) is 5.82 Å². The standard InChI is InChI=1S/C17H18N2O/c1-2-16(20)14-7-8-17(18-11-14)19-10-9-13-5-3-4-6-15(13)12-19/h3-8,11H,2,9-10,12H2,1H3. The maximum absolute atomic E-state index is 11.6. The van der Waals surface area contributed by atoms with Crippen molar-refractivity contribution in [3.8, 4) is 0 Å². The van der Waals surface area contributed by atoms with Crippen LogP contribution in [-0.2, 0) is 13.0 Å². The first-order chi connectivity index (χ1) is 9.78. The monoisotopic (exact) mass is 266 g/mol. The second-order valence-corrected chi connectivity index (χ2v) is 5.12. The van der Waals surface area contributed by atoms with Crippen LogP contribution in [0.5, 0.6) is 0 Å². The van der Waals surface area contributed by atoms with Gasteiger partial charge in [0.2, 0.25) is 0 Å². The van der Waals surface area contributed by atoms with E-state index in [1.807, 2.05) is 19.1 Å². The van der Waals surface area contributed by atoms with Crippen molar-refractivity contribution in [2.24, 2.45) is 0 Å². The summed E-state index contributed by atoms with van der Waals surface area (Å²) in [7, 11) is 0. The van der Waals surface area contributed by atoms with Crippen molar-refractivity contribution >= 4 is 11.6 Å². The molecule has 2 aromatic rings. The van der Waals surface area contributed by atoms with E-state index < -0.39 is 0 Å². The molecule has 1 aliphatic rings. The SMILES string of the molecule is CCC(=O)c1ccc(N2CCc3ccccc3C2)nc1. The van der Waals surface area contributed by atoms with Gasteiger partial charge in [-0.25, -0.2) is 4.98 Å². The summed E-state index contributed by atoms with van der Waals surface area (Å²) in [6.07, 6.45) is 3.27. The van der Waals surface area contributed by atoms with Gasteiger partial charge in [-0.2, -0.15) is 0 Å². The van der Waals surface area contributed by atoms with Gasteiger partial charge in [0.25, 0.3) is 0 Å². The molecular formula is C17H18N2O. The van der Waals surface area contributed by atoms with Gasteiger partial charge in [0.1, 0.15) is 5.82 Å². The van der Waals surface area contributed by atoms with E-state index in [4.69, 9.17) is 0 Å². The van der Waals surface area contributed by atoms with Gasteiger partial charge in [0.05, 0.1) is 0 Å². The molecule has 20 heavy (non-hydrogen) atoms. The summed E-state index contributed by atoms with van der Waals surface area (Å²) in [6.45, 7) is 3.74. The number of hydrogen-bond acceptors (Lipinski definition) is 3. The molecule has 3 rings (SSSR count). The van der Waals surface area contributed by atoms with Gasteiger partial charge in [-0.3, -0.25) is 4.79 Å². The minimum atomic E-state index is 0.146. The number of rotatable bonds is 3. The van der Waals surface area contributed by atoms with Gasteiger partial charge in [-0.15, -0.1) is 0 Å². The number of anilines is 1. The number of ketones is 1. The molecule has 3 heteroatoms. The number of fused-ring (bicyclic) bond motifs is 1. The number of pyridine rings is 1. The highest BCUT2D eigenvalue weighted by Gasteiger charge is 2.17. The number of Topliss-reactive ketones (excluding diaryl/α,β-unsaturated/α-hetero) is 1. The maximum Gasteiger partial charge on any atom is 0.164 e. The zero-order valence-corrected chi connectivity index (χ0v) is 11.7. The maximum atomic E-state index is 11.6. The van der Waals surface area contributed by atoms with Crippen molar-refractivity contribution in [3.63, 3.8) is 0 Å². The van der Waals surface area contributed by atoms with Crippen molar-refractivity contribution in [1.82, 2.24) is 4.98 Å². The van der Waals surface area contributed by atoms with Crippen LogP contribution in [0.3, 0.4) is 0 Å². The number of aromatic nitrogens is 1. The molecule has 0 saturated carbocycles. The lowest BCUT2D eigenvalue weighted by molar-refractivity contribution is 0.0988. The highest BCUT2D eigenvalue weighted by Crippen LogP contribution is 2.23. The van der Waals surface area contributed by atoms with E-state index in [1.165, 1.54) is 11.1 Å². The van der Waals surface area contributed by atoms with Crippen LogP contribution < -0.4 is 4.90 Å². The average Bonchev–Trinajstić information content (AvgIpc) is 2.54. The molecule has 0 saturated heterocycles. The van der Waals surface area contributed by atoms with Crippen LogP contribution in [0.1, 0.15) is 34.8 Å². The Morgan fingerprint density at radius 1 is 1.20 bits per heavy atom. The topological polar surface area (TPSA) is 33.2 Å². The Morgan fingerprint density at radius 2 is 2.00 bits per heavy atom. The van der Waals surface area contributed by atoms with Crippen molar-refractivity contribution < 1.29 is 4.79 Å². The number of hydrogen-bond donors (Lipinski definition) is 0. The van der Waals surface area contributed by atoms with Crippen LogP contribution in [-0.4, -0.2) is 17.3 Å². The van der Waals surface area contributed by atoms with Gasteiger partial charge in [0, 0.05) is 31.3 Å². The lowest BCUT2D eigenvalue weighted by atomic mass is 10.00. The molecular weight excluding hydrogens is 248 g/mol. The molecule has 0 fully saturated rings. The summed E-state index contributed by atoms with van der Waals surface area (Å²) in [6, 6.07) is 12.4. The first kappa shape index (κ1) is 12.9. The van der Waals surface area contributed by atoms with Crippen molar-refractivity contribution in [1.29, 1.82) is 0 Å². The summed E-state index contributed by atoms with van der Waals surface area (Å²) in [5.74, 6) is 1.10. The summed E-state index contributed by atoms with van der Waals surface area (Å²) in [5, 5.41) is 0. The lowest BCUT2D eigenvalue weighted by Crippen LogP contribution is -2.30. The van der Waals surface area contributed by atoms with E-state index in [-0.39, 0.29) is 5.78 Å². The predicted octanol–water partition coefficient (Wildman–Crippen LogP) is 3.24. The normalized spacial score (nSPS) is 13.9. The molecule has 0 N–H and O–H groups in total. The third kappa shape index (κ3) is 2.44. The predicted molar refractivity (Wildman–Crippen MR) is 80.1 cm³/mol. The van der Waals surface area contributed by atoms with Gasteiger partial charge in [-0.1, -0.05) is 31.2 Å². The van der Waals surface area contributed by atoms with Crippen LogP contribution in [0.25, 0.3) is 0 Å². The second kappa shape index (κ2) is 5.45. The average molecular weight is 266 g/mol. The van der Waals surface area contributed by atoms with Crippen molar-refractivity contribution in [2.45, 2.75) is 26.3 Å². The van der Waals surface area contributed by atoms with E-state index in [1.54, 1.807) is 6.20 Å². The smallest absolute Gasteiger partial charge is 0.164 e. The van der Waals surface area contributed by atoms with Crippen molar-refractivity contribution in [3.05, 3.63) is 59.3 Å².